The molecule has 0 aliphatic rings. The maximum atomic E-state index is 14.3. The zero-order valence-corrected chi connectivity index (χ0v) is 13.7. The van der Waals surface area contributed by atoms with Gasteiger partial charge in [0.2, 0.25) is 0 Å². The highest BCUT2D eigenvalue weighted by atomic mass is 19.4. The lowest BCUT2D eigenvalue weighted by atomic mass is 9.98. The number of hydrogen-bond donors (Lipinski definition) is 0. The van der Waals surface area contributed by atoms with Crippen molar-refractivity contribution < 1.29 is 22.4 Å². The van der Waals surface area contributed by atoms with Crippen LogP contribution in [-0.2, 0) is 6.18 Å². The van der Waals surface area contributed by atoms with Crippen LogP contribution >= 0.6 is 0 Å². The Labute approximate surface area is 146 Å². The van der Waals surface area contributed by atoms with Crippen LogP contribution in [0.5, 0.6) is 0 Å². The summed E-state index contributed by atoms with van der Waals surface area (Å²) in [6, 6.07) is 3.96. The van der Waals surface area contributed by atoms with Crippen LogP contribution in [0.25, 0.3) is 17.0 Å². The zero-order valence-electron chi connectivity index (χ0n) is 13.7. The second kappa shape index (κ2) is 7.31. The summed E-state index contributed by atoms with van der Waals surface area (Å²) in [6.45, 7) is 0. The molecule has 26 heavy (non-hydrogen) atoms. The molecule has 0 bridgehead atoms. The van der Waals surface area contributed by atoms with Gasteiger partial charge in [0.25, 0.3) is 0 Å². The van der Waals surface area contributed by atoms with Crippen molar-refractivity contribution in [2.45, 2.75) is 6.18 Å². The third kappa shape index (κ3) is 4.03. The SMILES string of the molecule is CN(C)/C=C(/C#N)c1cc(-c2ncc(C(F)(F)F)cn2)c(F)cc1C=O. The molecule has 1 heterocycles. The molecule has 0 aliphatic heterocycles. The number of carbonyl (C=O) groups excluding carboxylic acids is 1. The fourth-order valence-corrected chi connectivity index (χ4v) is 2.12. The average Bonchev–Trinajstić information content (AvgIpc) is 2.58. The lowest BCUT2D eigenvalue weighted by Crippen LogP contribution is -2.07. The summed E-state index contributed by atoms with van der Waals surface area (Å²) < 4.78 is 52.1. The Kier molecular flexibility index (Phi) is 5.35. The van der Waals surface area contributed by atoms with Gasteiger partial charge in [-0.25, -0.2) is 14.4 Å². The van der Waals surface area contributed by atoms with Gasteiger partial charge in [-0.05, 0) is 12.1 Å². The van der Waals surface area contributed by atoms with E-state index < -0.39 is 17.6 Å². The molecule has 1 aromatic carbocycles. The van der Waals surface area contributed by atoms with Crippen LogP contribution in [0.15, 0.2) is 30.7 Å². The number of alkyl halides is 3. The maximum Gasteiger partial charge on any atom is 0.419 e. The highest BCUT2D eigenvalue weighted by Crippen LogP contribution is 2.30. The molecule has 0 unspecified atom stereocenters. The first-order valence-electron chi connectivity index (χ1n) is 7.14. The van der Waals surface area contributed by atoms with E-state index in [0.717, 1.165) is 6.07 Å². The molecule has 2 rings (SSSR count). The molecule has 0 fully saturated rings. The highest BCUT2D eigenvalue weighted by Gasteiger charge is 2.31. The van der Waals surface area contributed by atoms with E-state index in [0.29, 0.717) is 18.7 Å². The van der Waals surface area contributed by atoms with Gasteiger partial charge in [-0.1, -0.05) is 0 Å². The summed E-state index contributed by atoms with van der Waals surface area (Å²) in [5.74, 6) is -1.19. The molecule has 0 saturated heterocycles. The van der Waals surface area contributed by atoms with Crippen molar-refractivity contribution >= 4 is 11.9 Å². The van der Waals surface area contributed by atoms with E-state index in [-0.39, 0.29) is 28.1 Å². The van der Waals surface area contributed by atoms with E-state index in [2.05, 4.69) is 9.97 Å². The van der Waals surface area contributed by atoms with Crippen LogP contribution in [0.3, 0.4) is 0 Å². The Bertz CT molecular complexity index is 897. The van der Waals surface area contributed by atoms with Crippen molar-refractivity contribution in [1.82, 2.24) is 14.9 Å². The summed E-state index contributed by atoms with van der Waals surface area (Å²) in [5, 5.41) is 9.29. The Balaban J connectivity index is 2.62. The van der Waals surface area contributed by atoms with Gasteiger partial charge < -0.3 is 4.90 Å². The van der Waals surface area contributed by atoms with E-state index >= 15 is 0 Å². The first-order valence-corrected chi connectivity index (χ1v) is 7.14. The van der Waals surface area contributed by atoms with E-state index in [1.165, 1.54) is 12.3 Å². The fourth-order valence-electron chi connectivity index (χ4n) is 2.12. The van der Waals surface area contributed by atoms with E-state index in [1.54, 1.807) is 19.0 Å². The van der Waals surface area contributed by atoms with E-state index in [9.17, 15) is 27.6 Å². The average molecular weight is 364 g/mol. The van der Waals surface area contributed by atoms with Gasteiger partial charge in [-0.15, -0.1) is 0 Å². The Morgan fingerprint density at radius 3 is 2.31 bits per heavy atom. The third-order valence-corrected chi connectivity index (χ3v) is 3.28. The topological polar surface area (TPSA) is 69.9 Å². The molecule has 0 amide bonds. The molecule has 0 atom stereocenters. The van der Waals surface area contributed by atoms with Gasteiger partial charge in [0.05, 0.1) is 16.7 Å². The number of benzene rings is 1. The van der Waals surface area contributed by atoms with Gasteiger partial charge in [-0.3, -0.25) is 4.79 Å². The molecule has 0 saturated carbocycles. The van der Waals surface area contributed by atoms with Gasteiger partial charge >= 0.3 is 6.18 Å². The Morgan fingerprint density at radius 1 is 1.23 bits per heavy atom. The summed E-state index contributed by atoms with van der Waals surface area (Å²) in [6.07, 6.45) is -1.73. The number of aldehydes is 1. The predicted molar refractivity (Wildman–Crippen MR) is 85.1 cm³/mol. The minimum absolute atomic E-state index is 0.0743. The molecule has 134 valence electrons. The quantitative estimate of drug-likeness (QED) is 0.472. The number of nitriles is 1. The van der Waals surface area contributed by atoms with Crippen molar-refractivity contribution in [3.8, 4) is 17.5 Å². The second-order valence-corrected chi connectivity index (χ2v) is 5.45. The smallest absolute Gasteiger partial charge is 0.382 e. The zero-order chi connectivity index (χ0) is 19.5. The van der Waals surface area contributed by atoms with Gasteiger partial charge in [0.15, 0.2) is 12.1 Å². The number of halogens is 4. The number of rotatable bonds is 4. The Morgan fingerprint density at radius 2 is 1.85 bits per heavy atom. The molecule has 0 N–H and O–H groups in total. The highest BCUT2D eigenvalue weighted by molar-refractivity contribution is 5.91. The summed E-state index contributed by atoms with van der Waals surface area (Å²) >= 11 is 0. The third-order valence-electron chi connectivity index (χ3n) is 3.28. The van der Waals surface area contributed by atoms with E-state index in [1.807, 2.05) is 6.07 Å². The fraction of sp³-hybridized carbons (Fsp3) is 0.176. The number of carbonyl (C=O) groups is 1. The second-order valence-electron chi connectivity index (χ2n) is 5.45. The molecule has 0 spiro atoms. The van der Waals surface area contributed by atoms with Crippen LogP contribution < -0.4 is 0 Å². The number of hydrogen-bond acceptors (Lipinski definition) is 5. The van der Waals surface area contributed by atoms with Crippen LogP contribution in [0.4, 0.5) is 17.6 Å². The van der Waals surface area contributed by atoms with Gasteiger partial charge in [0.1, 0.15) is 11.9 Å². The van der Waals surface area contributed by atoms with Crippen LogP contribution in [-0.4, -0.2) is 35.2 Å². The van der Waals surface area contributed by atoms with Gasteiger partial charge in [0, 0.05) is 43.8 Å². The lowest BCUT2D eigenvalue weighted by Gasteiger charge is -2.11. The molecule has 0 aliphatic carbocycles. The summed E-state index contributed by atoms with van der Waals surface area (Å²) in [7, 11) is 3.31. The van der Waals surface area contributed by atoms with Crippen molar-refractivity contribution in [1.29, 1.82) is 5.26 Å². The normalized spacial score (nSPS) is 11.8. The standard InChI is InChI=1S/C17H12F4N4O/c1-25(2)8-11(5-22)13-4-14(15(18)3-10(13)9-26)16-23-6-12(7-24-16)17(19,20)21/h3-4,6-9H,1-2H3/b11-8-. The minimum Gasteiger partial charge on any atom is -0.382 e. The molecule has 0 radical (unpaired) electrons. The molecule has 1 aromatic heterocycles. The largest absolute Gasteiger partial charge is 0.419 e. The molecule has 2 aromatic rings. The first kappa shape index (κ1) is 19.1. The van der Waals surface area contributed by atoms with Crippen molar-refractivity contribution in [3.05, 3.63) is 53.2 Å². The maximum absolute atomic E-state index is 14.3. The molecular weight excluding hydrogens is 352 g/mol. The van der Waals surface area contributed by atoms with Crippen molar-refractivity contribution in [3.63, 3.8) is 0 Å². The van der Waals surface area contributed by atoms with Gasteiger partial charge in [-0.2, -0.15) is 18.4 Å². The number of nitrogens with zero attached hydrogens (tertiary/aromatic N) is 4. The summed E-state index contributed by atoms with van der Waals surface area (Å²) in [5.41, 5.74) is -1.18. The number of aromatic nitrogens is 2. The van der Waals surface area contributed by atoms with Crippen LogP contribution in [0, 0.1) is 17.1 Å². The van der Waals surface area contributed by atoms with Crippen molar-refractivity contribution in [2.24, 2.45) is 0 Å². The first-order chi connectivity index (χ1) is 12.2. The Hall–Kier alpha value is -3.28. The van der Waals surface area contributed by atoms with Crippen LogP contribution in [0.1, 0.15) is 21.5 Å². The molecule has 5 nitrogen and oxygen atoms in total. The molecular formula is C17H12F4N4O. The van der Waals surface area contributed by atoms with Crippen LogP contribution in [0.2, 0.25) is 0 Å². The minimum atomic E-state index is -4.62. The van der Waals surface area contributed by atoms with Crippen molar-refractivity contribution in [2.75, 3.05) is 14.1 Å². The van der Waals surface area contributed by atoms with E-state index in [4.69, 9.17) is 0 Å². The summed E-state index contributed by atoms with van der Waals surface area (Å²) in [4.78, 5) is 19.9. The monoisotopic (exact) mass is 364 g/mol. The predicted octanol–water partition coefficient (Wildman–Crippen LogP) is 3.54. The lowest BCUT2D eigenvalue weighted by molar-refractivity contribution is -0.138. The number of allylic oxidation sites excluding steroid dienone is 1. The molecule has 9 heteroatoms.